The number of nitrogens with one attached hydrogen (secondary N) is 2. The van der Waals surface area contributed by atoms with Crippen molar-refractivity contribution in [1.29, 1.82) is 0 Å². The molecule has 1 amide bonds. The van der Waals surface area contributed by atoms with Gasteiger partial charge in [-0.2, -0.15) is 0 Å². The highest BCUT2D eigenvalue weighted by atomic mass is 16.5. The molecule has 1 aliphatic heterocycles. The van der Waals surface area contributed by atoms with E-state index < -0.39 is 0 Å². The molecule has 0 saturated carbocycles. The third kappa shape index (κ3) is 3.16. The van der Waals surface area contributed by atoms with Crippen LogP contribution >= 0.6 is 0 Å². The van der Waals surface area contributed by atoms with E-state index in [1.54, 1.807) is 0 Å². The number of methoxy groups -OCH3 is 1. The topological polar surface area (TPSA) is 88.3 Å². The molecule has 0 atom stereocenters. The number of allylic oxidation sites excluding steroid dienone is 1. The van der Waals surface area contributed by atoms with Crippen LogP contribution in [0.2, 0.25) is 0 Å². The molecule has 0 spiro atoms. The van der Waals surface area contributed by atoms with E-state index in [1.807, 2.05) is 13.0 Å². The highest BCUT2D eigenvalue weighted by Crippen LogP contribution is 2.34. The fourth-order valence-electron chi connectivity index (χ4n) is 3.69. The van der Waals surface area contributed by atoms with E-state index in [0.717, 1.165) is 59.2 Å². The van der Waals surface area contributed by atoms with E-state index in [4.69, 9.17) is 4.74 Å². The van der Waals surface area contributed by atoms with Crippen LogP contribution < -0.4 is 5.32 Å². The predicted molar refractivity (Wildman–Crippen MR) is 92.9 cm³/mol. The first-order chi connectivity index (χ1) is 12.1. The van der Waals surface area contributed by atoms with Crippen molar-refractivity contribution in [2.45, 2.75) is 45.4 Å². The molecule has 1 aliphatic carbocycles. The van der Waals surface area contributed by atoms with Gasteiger partial charge in [-0.15, -0.1) is 0 Å². The number of aromatic nitrogens is 1. The Balaban J connectivity index is 2.01. The first kappa shape index (κ1) is 17.2. The quantitative estimate of drug-likeness (QED) is 0.635. The van der Waals surface area contributed by atoms with Crippen LogP contribution in [0.5, 0.6) is 0 Å². The number of ether oxygens (including phenoxy) is 1. The summed E-state index contributed by atoms with van der Waals surface area (Å²) in [5.41, 5.74) is 6.02. The highest BCUT2D eigenvalue weighted by molar-refractivity contribution is 6.01. The number of fused-ring (bicyclic) bond motifs is 2. The minimum atomic E-state index is -0.295. The maximum Gasteiger partial charge on any atom is 0.305 e. The van der Waals surface area contributed by atoms with Crippen LogP contribution in [0.4, 0.5) is 0 Å². The zero-order chi connectivity index (χ0) is 18.0. The number of rotatable bonds is 5. The molecule has 0 aromatic carbocycles. The summed E-state index contributed by atoms with van der Waals surface area (Å²) in [6.45, 7) is 1.99. The first-order valence-corrected chi connectivity index (χ1v) is 8.60. The monoisotopic (exact) mass is 342 g/mol. The number of esters is 1. The van der Waals surface area contributed by atoms with E-state index in [0.29, 0.717) is 18.5 Å². The van der Waals surface area contributed by atoms with Crippen LogP contribution in [-0.2, 0) is 27.2 Å². The van der Waals surface area contributed by atoms with Gasteiger partial charge in [0.2, 0.25) is 0 Å². The lowest BCUT2D eigenvalue weighted by molar-refractivity contribution is -0.140. The second-order valence-corrected chi connectivity index (χ2v) is 6.28. The Bertz CT molecular complexity index is 799. The van der Waals surface area contributed by atoms with E-state index in [-0.39, 0.29) is 18.3 Å². The highest BCUT2D eigenvalue weighted by Gasteiger charge is 2.28. The predicted octanol–water partition coefficient (Wildman–Crippen LogP) is 2.45. The van der Waals surface area contributed by atoms with Gasteiger partial charge in [0.25, 0.3) is 5.91 Å². The summed E-state index contributed by atoms with van der Waals surface area (Å²) >= 11 is 0. The van der Waals surface area contributed by atoms with Gasteiger partial charge in [-0.05, 0) is 54.9 Å². The largest absolute Gasteiger partial charge is 0.469 e. The number of H-pyrrole nitrogens is 1. The Kier molecular flexibility index (Phi) is 4.88. The lowest BCUT2D eigenvalue weighted by Gasteiger charge is -2.13. The molecule has 25 heavy (non-hydrogen) atoms. The molecule has 1 aromatic rings. The normalized spacial score (nSPS) is 18.5. The van der Waals surface area contributed by atoms with Crippen LogP contribution in [0.25, 0.3) is 6.08 Å². The van der Waals surface area contributed by atoms with Crippen LogP contribution in [-0.4, -0.2) is 30.3 Å². The summed E-state index contributed by atoms with van der Waals surface area (Å²) < 4.78 is 4.70. The molecule has 3 rings (SSSR count). The maximum atomic E-state index is 12.1. The summed E-state index contributed by atoms with van der Waals surface area (Å²) in [6.07, 6.45) is 6.63. The molecule has 6 heteroatoms. The number of aromatic amines is 1. The minimum Gasteiger partial charge on any atom is -0.469 e. The smallest absolute Gasteiger partial charge is 0.305 e. The molecule has 0 bridgehead atoms. The van der Waals surface area contributed by atoms with Crippen molar-refractivity contribution in [3.63, 3.8) is 0 Å². The van der Waals surface area contributed by atoms with Gasteiger partial charge >= 0.3 is 5.97 Å². The number of hydrogen-bond acceptors (Lipinski definition) is 4. The van der Waals surface area contributed by atoms with Crippen molar-refractivity contribution >= 4 is 24.2 Å². The summed E-state index contributed by atoms with van der Waals surface area (Å²) in [6, 6.07) is 0. The van der Waals surface area contributed by atoms with Gasteiger partial charge in [0.1, 0.15) is 0 Å². The SMILES string of the molecule is CCC1=C2CCCc3c([nH]c(C=O)c3CCC(=O)OC)/C=C\2NC1=O. The Labute approximate surface area is 146 Å². The third-order valence-corrected chi connectivity index (χ3v) is 4.92. The zero-order valence-corrected chi connectivity index (χ0v) is 14.5. The second kappa shape index (κ2) is 7.09. The van der Waals surface area contributed by atoms with Crippen molar-refractivity contribution < 1.29 is 19.1 Å². The standard InChI is InChI=1S/C19H22N2O4/c1-3-11-12-5-4-6-13-14(7-8-18(23)25-2)17(10-22)20-15(13)9-16(12)21-19(11)24/h9-10,20H,3-8H2,1-2H3,(H,21,24)/b16-9+. The van der Waals surface area contributed by atoms with Crippen molar-refractivity contribution in [3.05, 3.63) is 39.4 Å². The average molecular weight is 342 g/mol. The van der Waals surface area contributed by atoms with Crippen molar-refractivity contribution in [3.8, 4) is 0 Å². The molecule has 2 heterocycles. The van der Waals surface area contributed by atoms with Gasteiger partial charge in [0.05, 0.1) is 12.8 Å². The van der Waals surface area contributed by atoms with Crippen molar-refractivity contribution in [2.75, 3.05) is 7.11 Å². The van der Waals surface area contributed by atoms with Crippen LogP contribution in [0, 0.1) is 0 Å². The Hall–Kier alpha value is -2.63. The number of hydrogen-bond donors (Lipinski definition) is 2. The molecule has 2 aliphatic rings. The van der Waals surface area contributed by atoms with Crippen molar-refractivity contribution in [2.24, 2.45) is 0 Å². The Morgan fingerprint density at radius 2 is 2.16 bits per heavy atom. The van der Waals surface area contributed by atoms with Gasteiger partial charge in [0.15, 0.2) is 6.29 Å². The van der Waals surface area contributed by atoms with Gasteiger partial charge in [-0.25, -0.2) is 0 Å². The van der Waals surface area contributed by atoms with Crippen LogP contribution in [0.3, 0.4) is 0 Å². The Morgan fingerprint density at radius 3 is 2.84 bits per heavy atom. The second-order valence-electron chi connectivity index (χ2n) is 6.28. The fraction of sp³-hybridized carbons (Fsp3) is 0.421. The molecule has 0 saturated heterocycles. The summed E-state index contributed by atoms with van der Waals surface area (Å²) in [7, 11) is 1.36. The summed E-state index contributed by atoms with van der Waals surface area (Å²) in [5.74, 6) is -0.322. The number of carbonyl (C=O) groups excluding carboxylic acids is 3. The first-order valence-electron chi connectivity index (χ1n) is 8.60. The van der Waals surface area contributed by atoms with E-state index in [1.165, 1.54) is 7.11 Å². The van der Waals surface area contributed by atoms with E-state index >= 15 is 0 Å². The minimum absolute atomic E-state index is 0.0275. The lowest BCUT2D eigenvalue weighted by Crippen LogP contribution is -2.16. The van der Waals surface area contributed by atoms with E-state index in [2.05, 4.69) is 10.3 Å². The molecule has 1 aromatic heterocycles. The zero-order valence-electron chi connectivity index (χ0n) is 14.5. The number of aldehydes is 1. The average Bonchev–Trinajstić information content (AvgIpc) is 3.07. The summed E-state index contributed by atoms with van der Waals surface area (Å²) in [4.78, 5) is 38.2. The fourth-order valence-corrected chi connectivity index (χ4v) is 3.69. The molecule has 6 nitrogen and oxygen atoms in total. The number of amides is 1. The van der Waals surface area contributed by atoms with Crippen LogP contribution in [0.1, 0.15) is 59.9 Å². The molecular formula is C19H22N2O4. The Morgan fingerprint density at radius 1 is 1.36 bits per heavy atom. The molecule has 0 fully saturated rings. The molecule has 0 unspecified atom stereocenters. The number of carbonyl (C=O) groups is 3. The molecular weight excluding hydrogens is 320 g/mol. The van der Waals surface area contributed by atoms with Gasteiger partial charge < -0.3 is 15.0 Å². The summed E-state index contributed by atoms with van der Waals surface area (Å²) in [5, 5.41) is 2.94. The molecule has 132 valence electrons. The molecule has 2 N–H and O–H groups in total. The third-order valence-electron chi connectivity index (χ3n) is 4.92. The van der Waals surface area contributed by atoms with Gasteiger partial charge in [-0.1, -0.05) is 6.92 Å². The van der Waals surface area contributed by atoms with Gasteiger partial charge in [0, 0.05) is 23.4 Å². The molecule has 0 radical (unpaired) electrons. The van der Waals surface area contributed by atoms with Crippen LogP contribution in [0.15, 0.2) is 16.8 Å². The van der Waals surface area contributed by atoms with E-state index in [9.17, 15) is 14.4 Å². The maximum absolute atomic E-state index is 12.1. The van der Waals surface area contributed by atoms with Gasteiger partial charge in [-0.3, -0.25) is 14.4 Å². The lowest BCUT2D eigenvalue weighted by atomic mass is 9.92. The van der Waals surface area contributed by atoms with Crippen molar-refractivity contribution in [1.82, 2.24) is 10.3 Å².